The van der Waals surface area contributed by atoms with E-state index < -0.39 is 5.60 Å². The van der Waals surface area contributed by atoms with Crippen LogP contribution in [0, 0.1) is 0 Å². The van der Waals surface area contributed by atoms with Crippen LogP contribution in [0.3, 0.4) is 0 Å². The highest BCUT2D eigenvalue weighted by molar-refractivity contribution is 7.12. The molecule has 4 nitrogen and oxygen atoms in total. The van der Waals surface area contributed by atoms with Gasteiger partial charge >= 0.3 is 6.09 Å². The summed E-state index contributed by atoms with van der Waals surface area (Å²) in [6.07, 6.45) is 0.716. The molecule has 0 saturated heterocycles. The van der Waals surface area contributed by atoms with Crippen molar-refractivity contribution in [3.63, 3.8) is 0 Å². The summed E-state index contributed by atoms with van der Waals surface area (Å²) in [6.45, 7) is 11.2. The first-order valence-electron chi connectivity index (χ1n) is 7.10. The quantitative estimate of drug-likeness (QED) is 0.790. The van der Waals surface area contributed by atoms with Gasteiger partial charge in [-0.1, -0.05) is 6.92 Å². The highest BCUT2D eigenvalue weighted by Gasteiger charge is 2.15. The van der Waals surface area contributed by atoms with Crippen molar-refractivity contribution < 1.29 is 9.53 Å². The molecule has 0 saturated carbocycles. The zero-order chi connectivity index (χ0) is 15.2. The zero-order valence-electron chi connectivity index (χ0n) is 13.1. The molecule has 1 atom stereocenters. The second-order valence-electron chi connectivity index (χ2n) is 5.76. The average molecular weight is 298 g/mol. The van der Waals surface area contributed by atoms with E-state index >= 15 is 0 Å². The van der Waals surface area contributed by atoms with E-state index in [0.717, 1.165) is 13.0 Å². The fourth-order valence-corrected chi connectivity index (χ4v) is 2.66. The van der Waals surface area contributed by atoms with Crippen molar-refractivity contribution in [2.45, 2.75) is 52.7 Å². The molecule has 0 fully saturated rings. The molecule has 20 heavy (non-hydrogen) atoms. The highest BCUT2D eigenvalue weighted by Crippen LogP contribution is 2.23. The average Bonchev–Trinajstić information content (AvgIpc) is 2.81. The number of amides is 1. The molecule has 5 heteroatoms. The number of alkyl carbamates (subject to hydrolysis) is 1. The van der Waals surface area contributed by atoms with Crippen molar-refractivity contribution in [2.24, 2.45) is 0 Å². The summed E-state index contributed by atoms with van der Waals surface area (Å²) < 4.78 is 5.17. The summed E-state index contributed by atoms with van der Waals surface area (Å²) in [7, 11) is 0. The maximum absolute atomic E-state index is 11.5. The number of nitrogens with one attached hydrogen (secondary N) is 2. The van der Waals surface area contributed by atoms with Gasteiger partial charge in [0.15, 0.2) is 0 Å². The molecular formula is C15H26N2O2S. The van der Waals surface area contributed by atoms with Crippen LogP contribution in [0.5, 0.6) is 0 Å². The first-order chi connectivity index (χ1) is 9.31. The molecule has 1 heterocycles. The summed E-state index contributed by atoms with van der Waals surface area (Å²) >= 11 is 1.84. The monoisotopic (exact) mass is 298 g/mol. The Bertz CT molecular complexity index is 424. The Morgan fingerprint density at radius 1 is 1.35 bits per heavy atom. The smallest absolute Gasteiger partial charge is 0.407 e. The van der Waals surface area contributed by atoms with Crippen LogP contribution in [0.2, 0.25) is 0 Å². The zero-order valence-corrected chi connectivity index (χ0v) is 13.9. The lowest BCUT2D eigenvalue weighted by molar-refractivity contribution is 0.0528. The number of carbonyl (C=O) groups is 1. The fraction of sp³-hybridized carbons (Fsp3) is 0.667. The van der Waals surface area contributed by atoms with Gasteiger partial charge < -0.3 is 15.4 Å². The van der Waals surface area contributed by atoms with Gasteiger partial charge in [-0.2, -0.15) is 0 Å². The van der Waals surface area contributed by atoms with E-state index in [9.17, 15) is 4.79 Å². The second kappa shape index (κ2) is 7.64. The Hall–Kier alpha value is -1.07. The molecule has 0 aliphatic rings. The minimum absolute atomic E-state index is 0.306. The predicted molar refractivity (Wildman–Crippen MR) is 84.4 cm³/mol. The lowest BCUT2D eigenvalue weighted by atomic mass is 10.2. The molecule has 0 spiro atoms. The number of aryl methyl sites for hydroxylation is 1. The van der Waals surface area contributed by atoms with Crippen molar-refractivity contribution in [2.75, 3.05) is 13.1 Å². The summed E-state index contributed by atoms with van der Waals surface area (Å²) in [5, 5.41) is 6.14. The molecule has 0 aromatic carbocycles. The summed E-state index contributed by atoms with van der Waals surface area (Å²) in [4.78, 5) is 14.2. The molecule has 2 N–H and O–H groups in total. The third-order valence-corrected chi connectivity index (χ3v) is 4.11. The minimum atomic E-state index is -0.446. The van der Waals surface area contributed by atoms with Crippen molar-refractivity contribution in [3.05, 3.63) is 21.9 Å². The van der Waals surface area contributed by atoms with Gasteiger partial charge in [-0.05, 0) is 46.2 Å². The van der Waals surface area contributed by atoms with Crippen molar-refractivity contribution in [1.82, 2.24) is 10.6 Å². The van der Waals surface area contributed by atoms with Gasteiger partial charge in [0.25, 0.3) is 0 Å². The van der Waals surface area contributed by atoms with E-state index in [-0.39, 0.29) is 6.09 Å². The van der Waals surface area contributed by atoms with Crippen LogP contribution in [-0.4, -0.2) is 24.8 Å². The van der Waals surface area contributed by atoms with Crippen molar-refractivity contribution in [1.29, 1.82) is 0 Å². The van der Waals surface area contributed by atoms with Gasteiger partial charge in [0.2, 0.25) is 0 Å². The number of carbonyl (C=O) groups excluding carboxylic acids is 1. The fourth-order valence-electron chi connectivity index (χ4n) is 1.69. The molecule has 0 bridgehead atoms. The topological polar surface area (TPSA) is 50.4 Å². The van der Waals surface area contributed by atoms with Gasteiger partial charge in [0.05, 0.1) is 0 Å². The van der Waals surface area contributed by atoms with Gasteiger partial charge in [0.1, 0.15) is 5.60 Å². The van der Waals surface area contributed by atoms with Gasteiger partial charge in [-0.15, -0.1) is 11.3 Å². The van der Waals surface area contributed by atoms with E-state index in [1.165, 1.54) is 9.75 Å². The van der Waals surface area contributed by atoms with Crippen LogP contribution < -0.4 is 10.6 Å². The molecule has 0 aliphatic carbocycles. The Balaban J connectivity index is 2.22. The molecule has 1 amide bonds. The van der Waals surface area contributed by atoms with Crippen LogP contribution >= 0.6 is 11.3 Å². The lowest BCUT2D eigenvalue weighted by Crippen LogP contribution is -2.36. The maximum atomic E-state index is 11.5. The molecule has 0 aliphatic heterocycles. The Morgan fingerprint density at radius 2 is 2.05 bits per heavy atom. The SMILES string of the molecule is CCc1ccc(C(C)NCCNC(=O)OC(C)(C)C)s1. The maximum Gasteiger partial charge on any atom is 0.407 e. The van der Waals surface area contributed by atoms with Crippen LogP contribution in [-0.2, 0) is 11.2 Å². The standard InChI is InChI=1S/C15H26N2O2S/c1-6-12-7-8-13(20-12)11(2)16-9-10-17-14(18)19-15(3,4)5/h7-8,11,16H,6,9-10H2,1-5H3,(H,17,18). The summed E-state index contributed by atoms with van der Waals surface area (Å²) in [5.74, 6) is 0. The number of ether oxygens (including phenoxy) is 1. The number of hydrogen-bond acceptors (Lipinski definition) is 4. The summed E-state index contributed by atoms with van der Waals surface area (Å²) in [5.41, 5.74) is -0.446. The molecule has 1 aromatic heterocycles. The molecule has 0 radical (unpaired) electrons. The van der Waals surface area contributed by atoms with E-state index in [1.807, 2.05) is 32.1 Å². The normalized spacial score (nSPS) is 13.1. The third-order valence-electron chi connectivity index (χ3n) is 2.70. The molecule has 1 rings (SSSR count). The Labute approximate surface area is 125 Å². The molecular weight excluding hydrogens is 272 g/mol. The van der Waals surface area contributed by atoms with Crippen LogP contribution in [0.25, 0.3) is 0 Å². The van der Waals surface area contributed by atoms with E-state index in [1.54, 1.807) is 0 Å². The summed E-state index contributed by atoms with van der Waals surface area (Å²) in [6, 6.07) is 4.65. The predicted octanol–water partition coefficient (Wildman–Crippen LogP) is 3.49. The first-order valence-corrected chi connectivity index (χ1v) is 7.92. The van der Waals surface area contributed by atoms with Crippen molar-refractivity contribution >= 4 is 17.4 Å². The van der Waals surface area contributed by atoms with Gasteiger partial charge in [0, 0.05) is 28.9 Å². The molecule has 114 valence electrons. The number of hydrogen-bond donors (Lipinski definition) is 2. The number of rotatable bonds is 6. The third kappa shape index (κ3) is 6.39. The van der Waals surface area contributed by atoms with Crippen LogP contribution in [0.1, 0.15) is 50.4 Å². The molecule has 1 unspecified atom stereocenters. The Morgan fingerprint density at radius 3 is 2.60 bits per heavy atom. The van der Waals surface area contributed by atoms with Crippen LogP contribution in [0.4, 0.5) is 4.79 Å². The Kier molecular flexibility index (Phi) is 6.49. The number of thiophene rings is 1. The van der Waals surface area contributed by atoms with E-state index in [4.69, 9.17) is 4.74 Å². The van der Waals surface area contributed by atoms with Crippen molar-refractivity contribution in [3.8, 4) is 0 Å². The van der Waals surface area contributed by atoms with E-state index in [0.29, 0.717) is 12.6 Å². The lowest BCUT2D eigenvalue weighted by Gasteiger charge is -2.20. The van der Waals surface area contributed by atoms with Gasteiger partial charge in [-0.25, -0.2) is 4.79 Å². The minimum Gasteiger partial charge on any atom is -0.444 e. The largest absolute Gasteiger partial charge is 0.444 e. The first kappa shape index (κ1) is 17.0. The van der Waals surface area contributed by atoms with Crippen LogP contribution in [0.15, 0.2) is 12.1 Å². The second-order valence-corrected chi connectivity index (χ2v) is 6.96. The van der Waals surface area contributed by atoms with E-state index in [2.05, 4.69) is 36.6 Å². The molecule has 1 aromatic rings. The van der Waals surface area contributed by atoms with Gasteiger partial charge in [-0.3, -0.25) is 0 Å². The highest BCUT2D eigenvalue weighted by atomic mass is 32.1.